The van der Waals surface area contributed by atoms with Gasteiger partial charge >= 0.3 is 18.0 Å². The molecular weight excluding hydrogens is 524 g/mol. The second-order valence-electron chi connectivity index (χ2n) is 10.0. The number of benzene rings is 3. The maximum atomic E-state index is 12.9. The fourth-order valence-corrected chi connectivity index (χ4v) is 4.82. The number of alkyl carbamates (subject to hydrolysis) is 1. The van der Waals surface area contributed by atoms with Crippen molar-refractivity contribution >= 4 is 23.9 Å². The van der Waals surface area contributed by atoms with Crippen molar-refractivity contribution in [3.63, 3.8) is 0 Å². The quantitative estimate of drug-likeness (QED) is 0.206. The Morgan fingerprint density at radius 1 is 0.854 bits per heavy atom. The number of aliphatic carboxylic acids is 1. The monoisotopic (exact) mass is 558 g/mol. The first-order valence-corrected chi connectivity index (χ1v) is 13.6. The van der Waals surface area contributed by atoms with Crippen LogP contribution in [0.1, 0.15) is 48.8 Å². The standard InChI is InChI=1S/C32H34N2O7/c1-21(31(37)38)10-9-17-33-30(36)28(18-29(35)40-19-22-11-3-2-4-12-22)34-32(39)41-20-27-25-15-7-5-13-23(25)24-14-6-8-16-26(24)27/h2-8,11-16,21,27-28H,9-10,17-20H2,1H3,(H,33,36)(H,34,39)(H,37,38)/t21?,28-/m0/s1. The molecule has 214 valence electrons. The Kier molecular flexibility index (Phi) is 10.1. The second kappa shape index (κ2) is 14.1. The molecule has 0 saturated carbocycles. The van der Waals surface area contributed by atoms with Gasteiger partial charge in [-0.25, -0.2) is 4.79 Å². The normalized spacial score (nSPS) is 13.3. The first kappa shape index (κ1) is 29.3. The van der Waals surface area contributed by atoms with Crippen LogP contribution in [0, 0.1) is 5.92 Å². The molecule has 0 aliphatic heterocycles. The van der Waals surface area contributed by atoms with E-state index in [2.05, 4.69) is 10.6 Å². The third-order valence-corrected chi connectivity index (χ3v) is 7.10. The van der Waals surface area contributed by atoms with Crippen LogP contribution in [0.25, 0.3) is 11.1 Å². The van der Waals surface area contributed by atoms with E-state index in [1.165, 1.54) is 0 Å². The molecule has 0 aromatic heterocycles. The molecule has 3 N–H and O–H groups in total. The number of carboxylic acid groups (broad SMARTS) is 1. The predicted molar refractivity (Wildman–Crippen MR) is 152 cm³/mol. The minimum absolute atomic E-state index is 0.0338. The van der Waals surface area contributed by atoms with Crippen molar-refractivity contribution in [2.75, 3.05) is 13.2 Å². The van der Waals surface area contributed by atoms with Crippen LogP contribution >= 0.6 is 0 Å². The first-order valence-electron chi connectivity index (χ1n) is 13.6. The van der Waals surface area contributed by atoms with Gasteiger partial charge in [0.25, 0.3) is 0 Å². The number of carbonyl (C=O) groups is 4. The van der Waals surface area contributed by atoms with Crippen LogP contribution in [0.2, 0.25) is 0 Å². The van der Waals surface area contributed by atoms with Gasteiger partial charge in [-0.3, -0.25) is 14.4 Å². The third-order valence-electron chi connectivity index (χ3n) is 7.10. The summed E-state index contributed by atoms with van der Waals surface area (Å²) in [6.45, 7) is 1.87. The van der Waals surface area contributed by atoms with E-state index in [1.807, 2.05) is 78.9 Å². The largest absolute Gasteiger partial charge is 0.481 e. The molecule has 0 spiro atoms. The molecule has 1 aliphatic rings. The van der Waals surface area contributed by atoms with Crippen molar-refractivity contribution in [1.29, 1.82) is 0 Å². The van der Waals surface area contributed by atoms with E-state index in [1.54, 1.807) is 6.92 Å². The van der Waals surface area contributed by atoms with Crippen molar-refractivity contribution in [3.8, 4) is 11.1 Å². The highest BCUT2D eigenvalue weighted by Gasteiger charge is 2.30. The van der Waals surface area contributed by atoms with Gasteiger partial charge in [0.15, 0.2) is 0 Å². The zero-order valence-electron chi connectivity index (χ0n) is 22.9. The summed E-state index contributed by atoms with van der Waals surface area (Å²) in [7, 11) is 0. The van der Waals surface area contributed by atoms with Crippen molar-refractivity contribution in [2.24, 2.45) is 5.92 Å². The molecule has 1 unspecified atom stereocenters. The van der Waals surface area contributed by atoms with Gasteiger partial charge in [-0.15, -0.1) is 0 Å². The van der Waals surface area contributed by atoms with Gasteiger partial charge in [-0.05, 0) is 40.7 Å². The van der Waals surface area contributed by atoms with E-state index in [9.17, 15) is 19.2 Å². The first-order chi connectivity index (χ1) is 19.8. The average Bonchev–Trinajstić information content (AvgIpc) is 3.30. The zero-order chi connectivity index (χ0) is 29.2. The number of fused-ring (bicyclic) bond motifs is 3. The maximum Gasteiger partial charge on any atom is 0.407 e. The third kappa shape index (κ3) is 7.94. The summed E-state index contributed by atoms with van der Waals surface area (Å²) < 4.78 is 10.9. The maximum absolute atomic E-state index is 12.9. The van der Waals surface area contributed by atoms with Crippen LogP contribution in [0.5, 0.6) is 0 Å². The lowest BCUT2D eigenvalue weighted by Gasteiger charge is -2.19. The molecule has 2 amide bonds. The topological polar surface area (TPSA) is 131 Å². The number of esters is 1. The van der Waals surface area contributed by atoms with Gasteiger partial charge in [0.1, 0.15) is 19.3 Å². The highest BCUT2D eigenvalue weighted by Crippen LogP contribution is 2.44. The molecule has 3 aromatic rings. The van der Waals surface area contributed by atoms with E-state index in [0.29, 0.717) is 12.8 Å². The van der Waals surface area contributed by atoms with E-state index >= 15 is 0 Å². The summed E-state index contributed by atoms with van der Waals surface area (Å²) in [5.41, 5.74) is 5.08. The lowest BCUT2D eigenvalue weighted by molar-refractivity contribution is -0.147. The zero-order valence-corrected chi connectivity index (χ0v) is 22.9. The molecular formula is C32H34N2O7. The molecule has 9 nitrogen and oxygen atoms in total. The van der Waals surface area contributed by atoms with E-state index in [4.69, 9.17) is 14.6 Å². The Morgan fingerprint density at radius 3 is 2.10 bits per heavy atom. The lowest BCUT2D eigenvalue weighted by Crippen LogP contribution is -2.48. The summed E-state index contributed by atoms with van der Waals surface area (Å²) in [4.78, 5) is 49.4. The average molecular weight is 559 g/mol. The highest BCUT2D eigenvalue weighted by molar-refractivity contribution is 5.89. The Balaban J connectivity index is 1.36. The summed E-state index contributed by atoms with van der Waals surface area (Å²) in [6, 6.07) is 23.8. The number of amides is 2. The fourth-order valence-electron chi connectivity index (χ4n) is 4.82. The van der Waals surface area contributed by atoms with Crippen molar-refractivity contribution in [3.05, 3.63) is 95.6 Å². The van der Waals surface area contributed by atoms with Gasteiger partial charge < -0.3 is 25.2 Å². The van der Waals surface area contributed by atoms with Crippen LogP contribution in [-0.4, -0.2) is 48.2 Å². The minimum atomic E-state index is -1.23. The Labute approximate surface area is 238 Å². The molecule has 0 bridgehead atoms. The number of hydrogen-bond donors (Lipinski definition) is 3. The minimum Gasteiger partial charge on any atom is -0.481 e. The smallest absolute Gasteiger partial charge is 0.407 e. The molecule has 0 saturated heterocycles. The van der Waals surface area contributed by atoms with Crippen molar-refractivity contribution in [1.82, 2.24) is 10.6 Å². The summed E-state index contributed by atoms with van der Waals surface area (Å²) >= 11 is 0. The summed E-state index contributed by atoms with van der Waals surface area (Å²) in [6.07, 6.45) is -0.425. The number of hydrogen-bond acceptors (Lipinski definition) is 6. The van der Waals surface area contributed by atoms with Crippen molar-refractivity contribution in [2.45, 2.75) is 44.8 Å². The van der Waals surface area contributed by atoms with Gasteiger partial charge in [0.2, 0.25) is 5.91 Å². The number of carbonyl (C=O) groups excluding carboxylic acids is 3. The Hall–Kier alpha value is -4.66. The van der Waals surface area contributed by atoms with Gasteiger partial charge in [-0.1, -0.05) is 85.8 Å². The highest BCUT2D eigenvalue weighted by atomic mass is 16.5. The fraction of sp³-hybridized carbons (Fsp3) is 0.312. The van der Waals surface area contributed by atoms with Crippen LogP contribution in [0.4, 0.5) is 4.79 Å². The molecule has 9 heteroatoms. The van der Waals surface area contributed by atoms with E-state index in [-0.39, 0.29) is 25.7 Å². The number of rotatable bonds is 13. The molecule has 0 radical (unpaired) electrons. The number of carboxylic acids is 1. The molecule has 0 fully saturated rings. The van der Waals surface area contributed by atoms with Crippen molar-refractivity contribution < 1.29 is 33.8 Å². The van der Waals surface area contributed by atoms with Crippen LogP contribution < -0.4 is 10.6 Å². The van der Waals surface area contributed by atoms with Gasteiger partial charge in [0.05, 0.1) is 12.3 Å². The van der Waals surface area contributed by atoms with E-state index in [0.717, 1.165) is 27.8 Å². The predicted octanol–water partition coefficient (Wildman–Crippen LogP) is 4.64. The molecule has 2 atom stereocenters. The molecule has 1 aliphatic carbocycles. The lowest BCUT2D eigenvalue weighted by atomic mass is 9.98. The van der Waals surface area contributed by atoms with Crippen LogP contribution in [0.3, 0.4) is 0 Å². The Bertz CT molecular complexity index is 1330. The SMILES string of the molecule is CC(CCCNC(=O)[C@H](CC(=O)OCc1ccccc1)NC(=O)OCC1c2ccccc2-c2ccccc21)C(=O)O. The van der Waals surface area contributed by atoms with Crippen LogP contribution in [-0.2, 0) is 30.5 Å². The Morgan fingerprint density at radius 2 is 1.46 bits per heavy atom. The molecule has 4 rings (SSSR count). The van der Waals surface area contributed by atoms with Gasteiger partial charge in [-0.2, -0.15) is 0 Å². The van der Waals surface area contributed by atoms with Crippen LogP contribution in [0.15, 0.2) is 78.9 Å². The van der Waals surface area contributed by atoms with Gasteiger partial charge in [0, 0.05) is 12.5 Å². The molecule has 41 heavy (non-hydrogen) atoms. The second-order valence-corrected chi connectivity index (χ2v) is 10.0. The number of nitrogens with one attached hydrogen (secondary N) is 2. The van der Waals surface area contributed by atoms with E-state index < -0.39 is 42.3 Å². The molecule has 3 aromatic carbocycles. The summed E-state index contributed by atoms with van der Waals surface area (Å²) in [5, 5.41) is 14.2. The number of ether oxygens (including phenoxy) is 2. The summed E-state index contributed by atoms with van der Waals surface area (Å²) in [5.74, 6) is -2.86. The molecule has 0 heterocycles.